The van der Waals surface area contributed by atoms with E-state index in [0.29, 0.717) is 25.4 Å². The van der Waals surface area contributed by atoms with Crippen LogP contribution < -0.4 is 16.1 Å². The number of nitrogens with zero attached hydrogens (tertiary/aromatic N) is 2. The number of anilines is 1. The van der Waals surface area contributed by atoms with Crippen molar-refractivity contribution in [1.29, 1.82) is 0 Å². The second-order valence-electron chi connectivity index (χ2n) is 4.26. The standard InChI is InChI=1S/C13H24N5O2/c1-4-19-13(20-5-2)8-16-12(6-14)10(3)18-9-11(15)7-17-18/h6-7,9-10,13H,4-5,8,14-15H2,1-3H3/q-1/p+1/b12-6-. The molecule has 20 heavy (non-hydrogen) atoms. The lowest BCUT2D eigenvalue weighted by Gasteiger charge is -2.30. The number of hydrogen-bond acceptors (Lipinski definition) is 4. The quantitative estimate of drug-likeness (QED) is 0.465. The van der Waals surface area contributed by atoms with Gasteiger partial charge in [-0.1, -0.05) is 12.2 Å². The predicted molar refractivity (Wildman–Crippen MR) is 77.6 cm³/mol. The Bertz CT molecular complexity index is 413. The summed E-state index contributed by atoms with van der Waals surface area (Å²) in [5, 5.41) is 7.50. The van der Waals surface area contributed by atoms with Crippen LogP contribution in [0.5, 0.6) is 0 Å². The maximum Gasteiger partial charge on any atom is 0.218 e. The first-order valence-corrected chi connectivity index (χ1v) is 6.79. The van der Waals surface area contributed by atoms with Crippen molar-refractivity contribution in [1.82, 2.24) is 5.10 Å². The molecule has 7 nitrogen and oxygen atoms in total. The van der Waals surface area contributed by atoms with Gasteiger partial charge in [-0.2, -0.15) is 5.10 Å². The second-order valence-corrected chi connectivity index (χ2v) is 4.26. The molecular formula is C13H25N5O2. The van der Waals surface area contributed by atoms with Crippen molar-refractivity contribution in [2.45, 2.75) is 33.1 Å². The van der Waals surface area contributed by atoms with Crippen molar-refractivity contribution >= 4 is 5.69 Å². The van der Waals surface area contributed by atoms with Gasteiger partial charge in [-0.3, -0.25) is 0 Å². The van der Waals surface area contributed by atoms with Crippen molar-refractivity contribution in [3.05, 3.63) is 29.6 Å². The fraction of sp³-hybridized carbons (Fsp3) is 0.615. The van der Waals surface area contributed by atoms with Crippen LogP contribution in [0.4, 0.5) is 5.69 Å². The van der Waals surface area contributed by atoms with Crippen LogP contribution in [-0.4, -0.2) is 31.1 Å². The van der Waals surface area contributed by atoms with Crippen LogP contribution in [0.3, 0.4) is 0 Å². The largest absolute Gasteiger partial charge is 0.677 e. The first kappa shape index (κ1) is 16.3. The summed E-state index contributed by atoms with van der Waals surface area (Å²) < 4.78 is 12.7. The van der Waals surface area contributed by atoms with E-state index in [1.54, 1.807) is 12.4 Å². The van der Waals surface area contributed by atoms with Crippen LogP contribution in [0, 0.1) is 0 Å². The van der Waals surface area contributed by atoms with E-state index in [2.05, 4.69) is 10.4 Å². The third kappa shape index (κ3) is 4.75. The summed E-state index contributed by atoms with van der Waals surface area (Å²) in [7, 11) is 0. The molecule has 1 aromatic heterocycles. The number of ether oxygens (including phenoxy) is 2. The average Bonchev–Trinajstić information content (AvgIpc) is 2.86. The SMILES string of the molecule is CCOC(C[N-]/C(=C\N)C(C)[n+]1cc(N)c[nH]1)OCC. The first-order chi connectivity index (χ1) is 9.62. The van der Waals surface area contributed by atoms with Crippen molar-refractivity contribution < 1.29 is 14.2 Å². The Hall–Kier alpha value is -1.73. The Morgan fingerprint density at radius 3 is 2.55 bits per heavy atom. The second kappa shape index (κ2) is 8.44. The fourth-order valence-electron chi connectivity index (χ4n) is 1.78. The van der Waals surface area contributed by atoms with Gasteiger partial charge in [0.2, 0.25) is 6.20 Å². The third-order valence-corrected chi connectivity index (χ3v) is 2.81. The van der Waals surface area contributed by atoms with Gasteiger partial charge in [0.15, 0.2) is 6.04 Å². The van der Waals surface area contributed by atoms with Gasteiger partial charge in [0.05, 0.1) is 6.20 Å². The van der Waals surface area contributed by atoms with Crippen LogP contribution in [-0.2, 0) is 9.47 Å². The Morgan fingerprint density at radius 1 is 1.45 bits per heavy atom. The maximum absolute atomic E-state index is 5.69. The van der Waals surface area contributed by atoms with Crippen molar-refractivity contribution in [3.8, 4) is 0 Å². The van der Waals surface area contributed by atoms with Crippen LogP contribution in [0.25, 0.3) is 5.32 Å². The first-order valence-electron chi connectivity index (χ1n) is 6.79. The number of nitrogens with one attached hydrogen (secondary N) is 1. The van der Waals surface area contributed by atoms with Crippen LogP contribution in [0.15, 0.2) is 24.3 Å². The molecule has 7 heteroatoms. The average molecular weight is 283 g/mol. The zero-order chi connectivity index (χ0) is 15.0. The topological polar surface area (TPSA) is 104 Å². The van der Waals surface area contributed by atoms with Gasteiger partial charge < -0.3 is 26.3 Å². The molecule has 0 saturated carbocycles. The monoisotopic (exact) mass is 283 g/mol. The number of hydrogen-bond donors (Lipinski definition) is 3. The number of aromatic nitrogens is 2. The van der Waals surface area contributed by atoms with Crippen LogP contribution in [0.1, 0.15) is 26.8 Å². The Labute approximate surface area is 119 Å². The molecule has 0 aliphatic heterocycles. The van der Waals surface area contributed by atoms with Gasteiger partial charge in [0.25, 0.3) is 0 Å². The molecule has 1 atom stereocenters. The summed E-state index contributed by atoms with van der Waals surface area (Å²) in [6.07, 6.45) is 4.66. The zero-order valence-electron chi connectivity index (χ0n) is 12.4. The molecule has 0 spiro atoms. The Morgan fingerprint density at radius 2 is 2.10 bits per heavy atom. The minimum atomic E-state index is -0.342. The number of aromatic amines is 1. The Kier molecular flexibility index (Phi) is 6.89. The van der Waals surface area contributed by atoms with Crippen molar-refractivity contribution in [2.75, 3.05) is 25.5 Å². The van der Waals surface area contributed by atoms with E-state index in [-0.39, 0.29) is 12.3 Å². The highest BCUT2D eigenvalue weighted by molar-refractivity contribution is 5.28. The van der Waals surface area contributed by atoms with E-state index in [4.69, 9.17) is 20.9 Å². The highest BCUT2D eigenvalue weighted by atomic mass is 16.7. The van der Waals surface area contributed by atoms with Crippen molar-refractivity contribution in [2.24, 2.45) is 5.73 Å². The highest BCUT2D eigenvalue weighted by Gasteiger charge is 2.14. The summed E-state index contributed by atoms with van der Waals surface area (Å²) in [5.41, 5.74) is 12.7. The number of H-pyrrole nitrogens is 1. The van der Waals surface area contributed by atoms with Gasteiger partial charge in [-0.05, 0) is 20.0 Å². The number of allylic oxidation sites excluding steroid dienone is 1. The van der Waals surface area contributed by atoms with E-state index < -0.39 is 0 Å². The van der Waals surface area contributed by atoms with Crippen LogP contribution in [0.2, 0.25) is 0 Å². The lowest BCUT2D eigenvalue weighted by Crippen LogP contribution is -2.40. The molecule has 0 amide bonds. The van der Waals surface area contributed by atoms with E-state index in [1.807, 2.05) is 25.5 Å². The maximum atomic E-state index is 5.69. The molecule has 1 aromatic rings. The minimum absolute atomic E-state index is 0.0406. The normalized spacial score (nSPS) is 13.7. The number of rotatable bonds is 9. The summed E-state index contributed by atoms with van der Waals surface area (Å²) in [6, 6.07) is -0.0406. The lowest BCUT2D eigenvalue weighted by molar-refractivity contribution is -0.762. The zero-order valence-corrected chi connectivity index (χ0v) is 12.4. The smallest absolute Gasteiger partial charge is 0.218 e. The van der Waals surface area contributed by atoms with Gasteiger partial charge in [0, 0.05) is 20.1 Å². The van der Waals surface area contributed by atoms with Crippen LogP contribution >= 0.6 is 0 Å². The molecule has 0 fully saturated rings. The van der Waals surface area contributed by atoms with Gasteiger partial charge >= 0.3 is 0 Å². The molecule has 1 unspecified atom stereocenters. The molecule has 0 aromatic carbocycles. The van der Waals surface area contributed by atoms with E-state index in [0.717, 1.165) is 5.70 Å². The molecule has 114 valence electrons. The summed E-state index contributed by atoms with van der Waals surface area (Å²) in [6.45, 7) is 7.40. The van der Waals surface area contributed by atoms with Gasteiger partial charge in [-0.25, -0.2) is 0 Å². The molecule has 1 heterocycles. The molecule has 5 N–H and O–H groups in total. The summed E-state index contributed by atoms with van der Waals surface area (Å²) in [4.78, 5) is 0. The third-order valence-electron chi connectivity index (χ3n) is 2.81. The molecular weight excluding hydrogens is 258 g/mol. The fourth-order valence-corrected chi connectivity index (χ4v) is 1.78. The molecule has 0 saturated heterocycles. The molecule has 0 radical (unpaired) electrons. The van der Waals surface area contributed by atoms with Gasteiger partial charge in [0.1, 0.15) is 12.0 Å². The van der Waals surface area contributed by atoms with E-state index in [9.17, 15) is 0 Å². The number of nitrogen functional groups attached to an aromatic ring is 1. The predicted octanol–water partition coefficient (Wildman–Crippen LogP) is 1.02. The minimum Gasteiger partial charge on any atom is -0.677 e. The molecule has 0 aliphatic carbocycles. The van der Waals surface area contributed by atoms with Crippen molar-refractivity contribution in [3.63, 3.8) is 0 Å². The highest BCUT2D eigenvalue weighted by Crippen LogP contribution is 2.17. The van der Waals surface area contributed by atoms with Gasteiger partial charge in [-0.15, -0.1) is 4.68 Å². The summed E-state index contributed by atoms with van der Waals surface area (Å²) in [5.74, 6) is 0. The Balaban J connectivity index is 2.58. The molecule has 0 aliphatic rings. The lowest BCUT2D eigenvalue weighted by atomic mass is 10.2. The molecule has 1 rings (SSSR count). The van der Waals surface area contributed by atoms with E-state index in [1.165, 1.54) is 6.20 Å². The molecule has 0 bridgehead atoms. The van der Waals surface area contributed by atoms with E-state index >= 15 is 0 Å². The number of nitrogens with two attached hydrogens (primary N) is 2. The summed E-state index contributed by atoms with van der Waals surface area (Å²) >= 11 is 0.